The predicted octanol–water partition coefficient (Wildman–Crippen LogP) is 7.47. The van der Waals surface area contributed by atoms with E-state index >= 15 is 0 Å². The van der Waals surface area contributed by atoms with Crippen LogP contribution in [0.5, 0.6) is 0 Å². The van der Waals surface area contributed by atoms with Crippen molar-refractivity contribution in [2.75, 3.05) is 0 Å². The Morgan fingerprint density at radius 2 is 1.67 bits per heavy atom. The highest BCUT2D eigenvalue weighted by Crippen LogP contribution is 2.31. The molecule has 0 radical (unpaired) electrons. The Balaban J connectivity index is 1.69. The van der Waals surface area contributed by atoms with Crippen LogP contribution in [-0.4, -0.2) is 0 Å². The maximum atomic E-state index is 9.61. The number of rotatable bonds is 3. The minimum Gasteiger partial charge on any atom is -0.457 e. The van der Waals surface area contributed by atoms with Crippen molar-refractivity contribution < 1.29 is 4.42 Å². The largest absolute Gasteiger partial charge is 0.457 e. The summed E-state index contributed by atoms with van der Waals surface area (Å²) in [4.78, 5) is 0. The van der Waals surface area contributed by atoms with Gasteiger partial charge in [-0.05, 0) is 58.8 Å². The molecule has 4 aromatic rings. The van der Waals surface area contributed by atoms with E-state index in [1.54, 1.807) is 18.2 Å². The summed E-state index contributed by atoms with van der Waals surface area (Å²) in [6, 6.07) is 25.3. The quantitative estimate of drug-likeness (QED) is 0.340. The smallest absolute Gasteiger partial charge is 0.134 e. The molecule has 4 rings (SSSR count). The van der Waals surface area contributed by atoms with Gasteiger partial charge < -0.3 is 4.42 Å². The second-order valence-electron chi connectivity index (χ2n) is 6.06. The molecule has 0 atom stereocenters. The van der Waals surface area contributed by atoms with Crippen molar-refractivity contribution in [3.05, 3.63) is 94.2 Å². The van der Waals surface area contributed by atoms with Crippen molar-refractivity contribution in [2.45, 2.75) is 0 Å². The van der Waals surface area contributed by atoms with Gasteiger partial charge in [0.15, 0.2) is 0 Å². The van der Waals surface area contributed by atoms with Crippen molar-refractivity contribution in [2.24, 2.45) is 0 Å². The monoisotopic (exact) mass is 389 g/mol. The third kappa shape index (κ3) is 3.61. The number of hydrogen-bond donors (Lipinski definition) is 0. The Labute approximate surface area is 166 Å². The van der Waals surface area contributed by atoms with Crippen molar-refractivity contribution in [3.8, 4) is 17.4 Å². The second kappa shape index (κ2) is 7.32. The van der Waals surface area contributed by atoms with Gasteiger partial charge in [0.05, 0.1) is 21.7 Å². The van der Waals surface area contributed by atoms with E-state index in [2.05, 4.69) is 6.07 Å². The van der Waals surface area contributed by atoms with E-state index in [-0.39, 0.29) is 0 Å². The normalized spacial score (nSPS) is 11.5. The molecule has 0 spiro atoms. The molecule has 0 unspecified atom stereocenters. The molecule has 0 amide bonds. The molecule has 0 bridgehead atoms. The number of fused-ring (bicyclic) bond motifs is 1. The highest BCUT2D eigenvalue weighted by atomic mass is 35.5. The van der Waals surface area contributed by atoms with Crippen LogP contribution < -0.4 is 0 Å². The van der Waals surface area contributed by atoms with Gasteiger partial charge in [-0.3, -0.25) is 0 Å². The number of hydrogen-bond acceptors (Lipinski definition) is 2. The van der Waals surface area contributed by atoms with E-state index in [1.807, 2.05) is 60.7 Å². The average Bonchev–Trinajstić information content (AvgIpc) is 3.16. The maximum Gasteiger partial charge on any atom is 0.134 e. The number of allylic oxidation sites excluding steroid dienone is 1. The molecule has 0 fully saturated rings. The van der Waals surface area contributed by atoms with Crippen LogP contribution in [0.2, 0.25) is 10.0 Å². The number of halogens is 2. The molecule has 1 aromatic heterocycles. The van der Waals surface area contributed by atoms with Crippen LogP contribution >= 0.6 is 23.2 Å². The molecular weight excluding hydrogens is 377 g/mol. The molecule has 27 heavy (non-hydrogen) atoms. The fraction of sp³-hybridized carbons (Fsp3) is 0. The first kappa shape index (κ1) is 17.4. The topological polar surface area (TPSA) is 36.9 Å². The Bertz CT molecular complexity index is 1210. The first-order valence-corrected chi connectivity index (χ1v) is 9.06. The van der Waals surface area contributed by atoms with Gasteiger partial charge in [0.2, 0.25) is 0 Å². The Morgan fingerprint density at radius 3 is 2.44 bits per heavy atom. The lowest BCUT2D eigenvalue weighted by molar-refractivity contribution is 0.572. The molecular formula is C23H13Cl2NO. The number of nitriles is 1. The van der Waals surface area contributed by atoms with Crippen LogP contribution in [0.25, 0.3) is 33.7 Å². The zero-order valence-corrected chi connectivity index (χ0v) is 15.6. The lowest BCUT2D eigenvalue weighted by Crippen LogP contribution is -1.82. The van der Waals surface area contributed by atoms with Crippen molar-refractivity contribution in [1.82, 2.24) is 0 Å². The van der Waals surface area contributed by atoms with Crippen LogP contribution in [0.15, 0.2) is 77.2 Å². The first-order chi connectivity index (χ1) is 13.1. The SMILES string of the molecule is N#CC(=Cc1ccc(-c2ccc(Cl)c(Cl)c2)o1)c1ccc2ccccc2c1. The zero-order chi connectivity index (χ0) is 18.8. The van der Waals surface area contributed by atoms with E-state index in [9.17, 15) is 5.26 Å². The predicted molar refractivity (Wildman–Crippen MR) is 112 cm³/mol. The van der Waals surface area contributed by atoms with Gasteiger partial charge in [-0.15, -0.1) is 0 Å². The van der Waals surface area contributed by atoms with Crippen LogP contribution in [0.4, 0.5) is 0 Å². The fourth-order valence-electron chi connectivity index (χ4n) is 2.91. The molecule has 0 saturated heterocycles. The van der Waals surface area contributed by atoms with E-state index in [4.69, 9.17) is 27.6 Å². The number of benzene rings is 3. The summed E-state index contributed by atoms with van der Waals surface area (Å²) in [5.41, 5.74) is 2.22. The Morgan fingerprint density at radius 1 is 0.852 bits per heavy atom. The third-order valence-electron chi connectivity index (χ3n) is 4.30. The lowest BCUT2D eigenvalue weighted by atomic mass is 10.0. The Kier molecular flexibility index (Phi) is 4.73. The van der Waals surface area contributed by atoms with Gasteiger partial charge in [-0.1, -0.05) is 59.6 Å². The molecule has 0 N–H and O–H groups in total. The van der Waals surface area contributed by atoms with Gasteiger partial charge >= 0.3 is 0 Å². The van der Waals surface area contributed by atoms with Gasteiger partial charge in [0.25, 0.3) is 0 Å². The van der Waals surface area contributed by atoms with Crippen molar-refractivity contribution in [1.29, 1.82) is 5.26 Å². The highest BCUT2D eigenvalue weighted by Gasteiger charge is 2.08. The summed E-state index contributed by atoms with van der Waals surface area (Å²) in [7, 11) is 0. The minimum atomic E-state index is 0.469. The van der Waals surface area contributed by atoms with Crippen LogP contribution in [-0.2, 0) is 0 Å². The molecule has 0 aliphatic heterocycles. The van der Waals surface area contributed by atoms with E-state index < -0.39 is 0 Å². The van der Waals surface area contributed by atoms with E-state index in [1.165, 1.54) is 0 Å². The fourth-order valence-corrected chi connectivity index (χ4v) is 3.21. The standard InChI is InChI=1S/C23H13Cl2NO/c24-21-9-7-18(13-22(21)25)23-10-8-20(27-23)12-19(14-26)17-6-5-15-3-1-2-4-16(15)11-17/h1-13H. The summed E-state index contributed by atoms with van der Waals surface area (Å²) < 4.78 is 5.88. The van der Waals surface area contributed by atoms with Gasteiger partial charge in [0, 0.05) is 5.56 Å². The number of furan rings is 1. The van der Waals surface area contributed by atoms with Crippen molar-refractivity contribution >= 4 is 45.6 Å². The van der Waals surface area contributed by atoms with Crippen molar-refractivity contribution in [3.63, 3.8) is 0 Å². The summed E-state index contributed by atoms with van der Waals surface area (Å²) in [5.74, 6) is 1.26. The molecule has 0 aliphatic rings. The molecule has 4 heteroatoms. The number of nitrogens with zero attached hydrogens (tertiary/aromatic N) is 1. The zero-order valence-electron chi connectivity index (χ0n) is 14.1. The van der Waals surface area contributed by atoms with Crippen LogP contribution in [0.3, 0.4) is 0 Å². The molecule has 3 aromatic carbocycles. The van der Waals surface area contributed by atoms with Crippen LogP contribution in [0, 0.1) is 11.3 Å². The molecule has 0 aliphatic carbocycles. The average molecular weight is 390 g/mol. The van der Waals surface area contributed by atoms with Gasteiger partial charge in [-0.25, -0.2) is 0 Å². The first-order valence-electron chi connectivity index (χ1n) is 8.30. The molecule has 0 saturated carbocycles. The summed E-state index contributed by atoms with van der Waals surface area (Å²) in [6.45, 7) is 0. The summed E-state index contributed by atoms with van der Waals surface area (Å²) in [6.07, 6.45) is 1.74. The molecule has 1 heterocycles. The second-order valence-corrected chi connectivity index (χ2v) is 6.88. The van der Waals surface area contributed by atoms with Gasteiger partial charge in [-0.2, -0.15) is 5.26 Å². The van der Waals surface area contributed by atoms with E-state index in [0.29, 0.717) is 27.1 Å². The maximum absolute atomic E-state index is 9.61. The summed E-state index contributed by atoms with van der Waals surface area (Å²) >= 11 is 12.0. The minimum absolute atomic E-state index is 0.469. The molecule has 2 nitrogen and oxygen atoms in total. The van der Waals surface area contributed by atoms with Crippen LogP contribution in [0.1, 0.15) is 11.3 Å². The lowest BCUT2D eigenvalue weighted by Gasteiger charge is -2.02. The van der Waals surface area contributed by atoms with E-state index in [0.717, 1.165) is 21.9 Å². The van der Waals surface area contributed by atoms with Gasteiger partial charge in [0.1, 0.15) is 11.5 Å². The third-order valence-corrected chi connectivity index (χ3v) is 5.04. The highest BCUT2D eigenvalue weighted by molar-refractivity contribution is 6.42. The molecule has 130 valence electrons. The Hall–Kier alpha value is -2.99. The summed E-state index contributed by atoms with van der Waals surface area (Å²) in [5, 5.41) is 12.8.